The SMILES string of the molecule is c1ccc(C2Nc3ccc4ccc5ccc(-c6ccc7c(c6)C(c6ccccc6)(c6ccccc6)c6ccccc6-7)cc5c4c3S2)cc1. The highest BCUT2D eigenvalue weighted by Gasteiger charge is 2.46. The maximum Gasteiger partial charge on any atom is 0.103 e. The molecule has 10 rings (SSSR count). The molecule has 0 saturated carbocycles. The Bertz CT molecular complexity index is 2460. The van der Waals surface area contributed by atoms with Crippen molar-refractivity contribution >= 4 is 39.0 Å². The molecule has 0 bridgehead atoms. The van der Waals surface area contributed by atoms with Crippen LogP contribution in [-0.2, 0) is 5.41 Å². The van der Waals surface area contributed by atoms with Gasteiger partial charge in [0.15, 0.2) is 0 Å². The molecule has 0 amide bonds. The zero-order valence-corrected chi connectivity index (χ0v) is 27.0. The zero-order valence-electron chi connectivity index (χ0n) is 26.2. The number of thioether (sulfide) groups is 1. The Hall–Kier alpha value is -5.57. The van der Waals surface area contributed by atoms with E-state index in [1.54, 1.807) is 0 Å². The summed E-state index contributed by atoms with van der Waals surface area (Å²) in [4.78, 5) is 1.33. The van der Waals surface area contributed by atoms with Crippen LogP contribution in [0.5, 0.6) is 0 Å². The molecule has 0 spiro atoms. The molecule has 1 nitrogen and oxygen atoms in total. The van der Waals surface area contributed by atoms with Crippen LogP contribution in [0.3, 0.4) is 0 Å². The molecule has 1 heterocycles. The first-order valence-electron chi connectivity index (χ1n) is 16.6. The lowest BCUT2D eigenvalue weighted by atomic mass is 9.67. The smallest absolute Gasteiger partial charge is 0.103 e. The van der Waals surface area contributed by atoms with Gasteiger partial charge in [-0.15, -0.1) is 0 Å². The van der Waals surface area contributed by atoms with Crippen molar-refractivity contribution in [3.8, 4) is 22.3 Å². The highest BCUT2D eigenvalue weighted by molar-refractivity contribution is 8.00. The minimum Gasteiger partial charge on any atom is -0.368 e. The first-order valence-corrected chi connectivity index (χ1v) is 17.5. The fourth-order valence-corrected chi connectivity index (χ4v) is 9.53. The molecule has 1 aliphatic heterocycles. The van der Waals surface area contributed by atoms with Gasteiger partial charge in [0, 0.05) is 16.0 Å². The van der Waals surface area contributed by atoms with Gasteiger partial charge in [0.2, 0.25) is 0 Å². The number of nitrogens with one attached hydrogen (secondary N) is 1. The van der Waals surface area contributed by atoms with Gasteiger partial charge in [-0.2, -0.15) is 0 Å². The van der Waals surface area contributed by atoms with E-state index < -0.39 is 5.41 Å². The summed E-state index contributed by atoms with van der Waals surface area (Å²) in [6.07, 6.45) is 0. The van der Waals surface area contributed by atoms with Crippen molar-refractivity contribution in [1.82, 2.24) is 0 Å². The molecule has 2 aliphatic rings. The third-order valence-corrected chi connectivity index (χ3v) is 11.7. The molecular weight excluding hydrogens is 599 g/mol. The van der Waals surface area contributed by atoms with E-state index >= 15 is 0 Å². The van der Waals surface area contributed by atoms with Crippen molar-refractivity contribution in [3.05, 3.63) is 204 Å². The Morgan fingerprint density at radius 3 is 1.83 bits per heavy atom. The van der Waals surface area contributed by atoms with Crippen molar-refractivity contribution in [2.45, 2.75) is 15.7 Å². The van der Waals surface area contributed by atoms with E-state index in [0.717, 1.165) is 0 Å². The van der Waals surface area contributed by atoms with Crippen LogP contribution < -0.4 is 5.32 Å². The summed E-state index contributed by atoms with van der Waals surface area (Å²) in [7, 11) is 0. The predicted molar refractivity (Wildman–Crippen MR) is 203 cm³/mol. The summed E-state index contributed by atoms with van der Waals surface area (Å²) in [6.45, 7) is 0. The van der Waals surface area contributed by atoms with Crippen molar-refractivity contribution in [3.63, 3.8) is 0 Å². The van der Waals surface area contributed by atoms with E-state index in [1.807, 2.05) is 11.8 Å². The van der Waals surface area contributed by atoms with Crippen molar-refractivity contribution < 1.29 is 0 Å². The van der Waals surface area contributed by atoms with E-state index in [4.69, 9.17) is 0 Å². The quantitative estimate of drug-likeness (QED) is 0.194. The first-order chi connectivity index (χ1) is 23.8. The molecule has 226 valence electrons. The molecular formula is C46H31NS. The van der Waals surface area contributed by atoms with E-state index in [2.05, 4.69) is 181 Å². The molecule has 1 unspecified atom stereocenters. The average Bonchev–Trinajstić information content (AvgIpc) is 3.73. The van der Waals surface area contributed by atoms with Crippen LogP contribution in [-0.4, -0.2) is 0 Å². The number of benzene rings is 8. The van der Waals surface area contributed by atoms with Gasteiger partial charge in [-0.1, -0.05) is 169 Å². The summed E-state index contributed by atoms with van der Waals surface area (Å²) in [5, 5.41) is 9.17. The normalized spacial score (nSPS) is 15.5. The molecule has 8 aromatic rings. The van der Waals surface area contributed by atoms with Gasteiger partial charge in [0.1, 0.15) is 5.37 Å². The van der Waals surface area contributed by atoms with Crippen LogP contribution in [0, 0.1) is 0 Å². The van der Waals surface area contributed by atoms with Gasteiger partial charge in [0.25, 0.3) is 0 Å². The van der Waals surface area contributed by atoms with Gasteiger partial charge < -0.3 is 5.32 Å². The van der Waals surface area contributed by atoms with Crippen LogP contribution in [0.15, 0.2) is 181 Å². The lowest BCUT2D eigenvalue weighted by Gasteiger charge is -2.34. The molecule has 0 fully saturated rings. The molecule has 0 radical (unpaired) electrons. The molecule has 2 heteroatoms. The highest BCUT2D eigenvalue weighted by Crippen LogP contribution is 2.57. The Balaban J connectivity index is 1.18. The average molecular weight is 630 g/mol. The molecule has 1 N–H and O–H groups in total. The first kappa shape index (κ1) is 27.5. The van der Waals surface area contributed by atoms with Gasteiger partial charge in [-0.3, -0.25) is 0 Å². The third-order valence-electron chi connectivity index (χ3n) is 10.4. The lowest BCUT2D eigenvalue weighted by molar-refractivity contribution is 0.769. The van der Waals surface area contributed by atoms with Gasteiger partial charge in [-0.05, 0) is 84.4 Å². The summed E-state index contributed by atoms with van der Waals surface area (Å²) in [6, 6.07) is 65.1. The number of hydrogen-bond acceptors (Lipinski definition) is 2. The van der Waals surface area contributed by atoms with Crippen LogP contribution >= 0.6 is 11.8 Å². The standard InChI is InChI=1S/C46H31NS/c1-4-12-32(13-5-1)45-47-42-27-25-31-22-20-30-21-23-33(28-39(30)43(31)44(42)48-45)34-24-26-38-37-18-10-11-19-40(37)46(41(38)29-34,35-14-6-2-7-15-35)36-16-8-3-9-17-36/h1-29,45,47H. The van der Waals surface area contributed by atoms with E-state index in [1.165, 1.54) is 82.2 Å². The summed E-state index contributed by atoms with van der Waals surface area (Å²) >= 11 is 1.93. The van der Waals surface area contributed by atoms with Crippen molar-refractivity contribution in [2.75, 3.05) is 5.32 Å². The summed E-state index contributed by atoms with van der Waals surface area (Å²) in [5.41, 5.74) is 12.4. The van der Waals surface area contributed by atoms with Crippen LogP contribution in [0.2, 0.25) is 0 Å². The minimum atomic E-state index is -0.413. The predicted octanol–water partition coefficient (Wildman–Crippen LogP) is 12.2. The van der Waals surface area contributed by atoms with Gasteiger partial charge >= 0.3 is 0 Å². The second kappa shape index (κ2) is 10.7. The summed E-state index contributed by atoms with van der Waals surface area (Å²) in [5.74, 6) is 0. The van der Waals surface area contributed by atoms with Crippen LogP contribution in [0.4, 0.5) is 5.69 Å². The zero-order chi connectivity index (χ0) is 31.7. The Labute approximate surface area is 284 Å². The van der Waals surface area contributed by atoms with Crippen molar-refractivity contribution in [2.24, 2.45) is 0 Å². The highest BCUT2D eigenvalue weighted by atomic mass is 32.2. The second-order valence-corrected chi connectivity index (χ2v) is 14.0. The van der Waals surface area contributed by atoms with Gasteiger partial charge in [-0.25, -0.2) is 0 Å². The Kier molecular flexibility index (Phi) is 6.16. The third kappa shape index (κ3) is 4.00. The number of anilines is 1. The van der Waals surface area contributed by atoms with Crippen LogP contribution in [0.25, 0.3) is 43.8 Å². The fraction of sp³-hybridized carbons (Fsp3) is 0.0435. The molecule has 48 heavy (non-hydrogen) atoms. The van der Waals surface area contributed by atoms with Gasteiger partial charge in [0.05, 0.1) is 5.41 Å². The largest absolute Gasteiger partial charge is 0.368 e. The number of rotatable bonds is 4. The van der Waals surface area contributed by atoms with E-state index in [9.17, 15) is 0 Å². The summed E-state index contributed by atoms with van der Waals surface area (Å²) < 4.78 is 0. The second-order valence-electron chi connectivity index (χ2n) is 12.9. The molecule has 8 aromatic carbocycles. The van der Waals surface area contributed by atoms with E-state index in [-0.39, 0.29) is 5.37 Å². The van der Waals surface area contributed by atoms with E-state index in [0.29, 0.717) is 0 Å². The van der Waals surface area contributed by atoms with Crippen LogP contribution in [0.1, 0.15) is 33.2 Å². The maximum absolute atomic E-state index is 3.79. The molecule has 1 aliphatic carbocycles. The molecule has 0 aromatic heterocycles. The Morgan fingerprint density at radius 1 is 0.479 bits per heavy atom. The number of fused-ring (bicyclic) bond motifs is 8. The van der Waals surface area contributed by atoms with Crippen molar-refractivity contribution in [1.29, 1.82) is 0 Å². The fourth-order valence-electron chi connectivity index (χ4n) is 8.22. The Morgan fingerprint density at radius 2 is 1.06 bits per heavy atom. The topological polar surface area (TPSA) is 12.0 Å². The molecule has 0 saturated heterocycles. The maximum atomic E-state index is 3.79. The minimum absolute atomic E-state index is 0.202. The monoisotopic (exact) mass is 629 g/mol. The molecule has 1 atom stereocenters. The lowest BCUT2D eigenvalue weighted by Crippen LogP contribution is -2.28. The number of hydrogen-bond donors (Lipinski definition) is 1.